The average molecular weight is 376 g/mol. The SMILES string of the molecule is CCOc1ccc(CC(CNC(=O)Cc2csc(CC)n2)C(=O)O)cc1. The fourth-order valence-corrected chi connectivity index (χ4v) is 3.22. The molecule has 0 aliphatic rings. The van der Waals surface area contributed by atoms with Crippen LogP contribution in [-0.4, -0.2) is 35.1 Å². The second-order valence-electron chi connectivity index (χ2n) is 5.88. The third-order valence-corrected chi connectivity index (χ3v) is 4.90. The van der Waals surface area contributed by atoms with Crippen LogP contribution in [0, 0.1) is 5.92 Å². The molecule has 0 fully saturated rings. The van der Waals surface area contributed by atoms with Crippen molar-refractivity contribution in [3.8, 4) is 5.75 Å². The number of rotatable bonds is 10. The molecule has 0 spiro atoms. The van der Waals surface area contributed by atoms with Gasteiger partial charge in [-0.15, -0.1) is 11.3 Å². The molecular formula is C19H24N2O4S. The van der Waals surface area contributed by atoms with Crippen LogP contribution in [0.25, 0.3) is 0 Å². The summed E-state index contributed by atoms with van der Waals surface area (Å²) in [4.78, 5) is 27.9. The Morgan fingerprint density at radius 3 is 2.58 bits per heavy atom. The van der Waals surface area contributed by atoms with E-state index in [1.54, 1.807) is 0 Å². The summed E-state index contributed by atoms with van der Waals surface area (Å²) in [5.41, 5.74) is 1.62. The van der Waals surface area contributed by atoms with Gasteiger partial charge in [0.2, 0.25) is 5.91 Å². The Morgan fingerprint density at radius 1 is 1.27 bits per heavy atom. The number of carboxylic acids is 1. The number of aliphatic carboxylic acids is 1. The van der Waals surface area contributed by atoms with Crippen molar-refractivity contribution in [2.24, 2.45) is 5.92 Å². The van der Waals surface area contributed by atoms with Gasteiger partial charge in [0.15, 0.2) is 0 Å². The number of thiazole rings is 1. The van der Waals surface area contributed by atoms with Gasteiger partial charge in [-0.3, -0.25) is 9.59 Å². The molecule has 1 aromatic carbocycles. The van der Waals surface area contributed by atoms with Crippen molar-refractivity contribution in [1.29, 1.82) is 0 Å². The van der Waals surface area contributed by atoms with Crippen LogP contribution in [0.2, 0.25) is 0 Å². The van der Waals surface area contributed by atoms with Gasteiger partial charge in [0.05, 0.1) is 29.6 Å². The van der Waals surface area contributed by atoms with Crippen molar-refractivity contribution in [3.63, 3.8) is 0 Å². The van der Waals surface area contributed by atoms with Crippen LogP contribution in [0.1, 0.15) is 30.1 Å². The summed E-state index contributed by atoms with van der Waals surface area (Å²) in [6, 6.07) is 7.35. The first-order valence-corrected chi connectivity index (χ1v) is 9.54. The van der Waals surface area contributed by atoms with E-state index in [2.05, 4.69) is 10.3 Å². The third kappa shape index (κ3) is 6.15. The van der Waals surface area contributed by atoms with Crippen LogP contribution >= 0.6 is 11.3 Å². The Bertz CT molecular complexity index is 727. The van der Waals surface area contributed by atoms with E-state index in [0.29, 0.717) is 13.0 Å². The first-order valence-electron chi connectivity index (χ1n) is 8.66. The zero-order chi connectivity index (χ0) is 18.9. The van der Waals surface area contributed by atoms with Crippen LogP contribution in [0.15, 0.2) is 29.6 Å². The van der Waals surface area contributed by atoms with E-state index < -0.39 is 11.9 Å². The summed E-state index contributed by atoms with van der Waals surface area (Å²) in [6.45, 7) is 4.60. The molecule has 140 valence electrons. The van der Waals surface area contributed by atoms with Crippen molar-refractivity contribution in [1.82, 2.24) is 10.3 Å². The second-order valence-corrected chi connectivity index (χ2v) is 6.83. The number of carboxylic acid groups (broad SMARTS) is 1. The molecule has 1 aromatic heterocycles. The van der Waals surface area contributed by atoms with Gasteiger partial charge in [-0.1, -0.05) is 19.1 Å². The highest BCUT2D eigenvalue weighted by Gasteiger charge is 2.19. The molecule has 6 nitrogen and oxygen atoms in total. The monoisotopic (exact) mass is 376 g/mol. The quantitative estimate of drug-likeness (QED) is 0.666. The molecule has 0 aliphatic heterocycles. The summed E-state index contributed by atoms with van der Waals surface area (Å²) < 4.78 is 5.38. The maximum Gasteiger partial charge on any atom is 0.308 e. The average Bonchev–Trinajstić information content (AvgIpc) is 3.07. The minimum atomic E-state index is -0.930. The molecule has 0 aliphatic carbocycles. The molecule has 2 rings (SSSR count). The summed E-state index contributed by atoms with van der Waals surface area (Å²) >= 11 is 1.53. The zero-order valence-corrected chi connectivity index (χ0v) is 15.8. The fraction of sp³-hybridized carbons (Fsp3) is 0.421. The number of amides is 1. The number of aromatic nitrogens is 1. The third-order valence-electron chi connectivity index (χ3n) is 3.85. The number of carbonyl (C=O) groups excluding carboxylic acids is 1. The van der Waals surface area contributed by atoms with Gasteiger partial charge >= 0.3 is 5.97 Å². The summed E-state index contributed by atoms with van der Waals surface area (Å²) in [5.74, 6) is -1.07. The van der Waals surface area contributed by atoms with E-state index in [1.165, 1.54) is 11.3 Å². The molecule has 26 heavy (non-hydrogen) atoms. The van der Waals surface area contributed by atoms with Gasteiger partial charge in [0, 0.05) is 11.9 Å². The molecule has 1 atom stereocenters. The van der Waals surface area contributed by atoms with Gasteiger partial charge in [0.1, 0.15) is 5.75 Å². The molecule has 0 bridgehead atoms. The molecule has 1 heterocycles. The van der Waals surface area contributed by atoms with Gasteiger partial charge in [-0.2, -0.15) is 0 Å². The Labute approximate surface area is 157 Å². The number of nitrogens with zero attached hydrogens (tertiary/aromatic N) is 1. The van der Waals surface area contributed by atoms with Gasteiger partial charge in [-0.25, -0.2) is 4.98 Å². The minimum Gasteiger partial charge on any atom is -0.494 e. The number of carbonyl (C=O) groups is 2. The molecule has 0 saturated carbocycles. The lowest BCUT2D eigenvalue weighted by atomic mass is 9.99. The molecule has 2 N–H and O–H groups in total. The Balaban J connectivity index is 1.87. The molecule has 2 aromatic rings. The van der Waals surface area contributed by atoms with E-state index >= 15 is 0 Å². The topological polar surface area (TPSA) is 88.5 Å². The first kappa shape index (κ1) is 19.9. The zero-order valence-electron chi connectivity index (χ0n) is 15.0. The highest BCUT2D eigenvalue weighted by Crippen LogP contribution is 2.15. The summed E-state index contributed by atoms with van der Waals surface area (Å²) in [6.07, 6.45) is 1.36. The first-order chi connectivity index (χ1) is 12.5. The molecular weight excluding hydrogens is 352 g/mol. The number of hydrogen-bond acceptors (Lipinski definition) is 5. The summed E-state index contributed by atoms with van der Waals surface area (Å²) in [7, 11) is 0. The lowest BCUT2D eigenvalue weighted by Gasteiger charge is -2.14. The van der Waals surface area contributed by atoms with Crippen molar-refractivity contribution in [2.45, 2.75) is 33.1 Å². The van der Waals surface area contributed by atoms with Gasteiger partial charge in [-0.05, 0) is 37.5 Å². The van der Waals surface area contributed by atoms with Crippen LogP contribution in [-0.2, 0) is 28.9 Å². The van der Waals surface area contributed by atoms with E-state index in [1.807, 2.05) is 43.5 Å². The van der Waals surface area contributed by atoms with Crippen molar-refractivity contribution in [2.75, 3.05) is 13.2 Å². The van der Waals surface area contributed by atoms with Crippen molar-refractivity contribution < 1.29 is 19.4 Å². The Morgan fingerprint density at radius 2 is 2.00 bits per heavy atom. The van der Waals surface area contributed by atoms with Crippen molar-refractivity contribution >= 4 is 23.2 Å². The van der Waals surface area contributed by atoms with E-state index in [9.17, 15) is 14.7 Å². The molecule has 1 unspecified atom stereocenters. The van der Waals surface area contributed by atoms with Gasteiger partial charge < -0.3 is 15.2 Å². The number of hydrogen-bond donors (Lipinski definition) is 2. The molecule has 1 amide bonds. The number of nitrogens with one attached hydrogen (secondary N) is 1. The predicted octanol–water partition coefficient (Wildman–Crippen LogP) is 2.71. The highest BCUT2D eigenvalue weighted by atomic mass is 32.1. The smallest absolute Gasteiger partial charge is 0.308 e. The van der Waals surface area contributed by atoms with Gasteiger partial charge in [0.25, 0.3) is 0 Å². The van der Waals surface area contributed by atoms with Crippen LogP contribution in [0.4, 0.5) is 0 Å². The van der Waals surface area contributed by atoms with E-state index in [-0.39, 0.29) is 18.9 Å². The van der Waals surface area contributed by atoms with Crippen molar-refractivity contribution in [3.05, 3.63) is 45.9 Å². The fourth-order valence-electron chi connectivity index (χ4n) is 2.48. The lowest BCUT2D eigenvalue weighted by molar-refractivity contribution is -0.141. The standard InChI is InChI=1S/C19H24N2O4S/c1-3-18-21-15(12-26-18)10-17(22)20-11-14(19(23)24)9-13-5-7-16(8-6-13)25-4-2/h5-8,12,14H,3-4,9-11H2,1-2H3,(H,20,22)(H,23,24). The van der Waals surface area contributed by atoms with E-state index in [4.69, 9.17) is 4.74 Å². The van der Waals surface area contributed by atoms with E-state index in [0.717, 1.165) is 28.4 Å². The maximum atomic E-state index is 12.1. The highest BCUT2D eigenvalue weighted by molar-refractivity contribution is 7.09. The molecule has 7 heteroatoms. The number of benzene rings is 1. The summed E-state index contributed by atoms with van der Waals surface area (Å²) in [5, 5.41) is 15.0. The van der Waals surface area contributed by atoms with Crippen LogP contribution in [0.5, 0.6) is 5.75 Å². The second kappa shape index (κ2) is 9.91. The Hall–Kier alpha value is -2.41. The molecule has 0 radical (unpaired) electrons. The Kier molecular flexibility index (Phi) is 7.59. The van der Waals surface area contributed by atoms with Crippen LogP contribution < -0.4 is 10.1 Å². The maximum absolute atomic E-state index is 12.1. The molecule has 0 saturated heterocycles. The predicted molar refractivity (Wildman–Crippen MR) is 101 cm³/mol. The van der Waals surface area contributed by atoms with Crippen LogP contribution in [0.3, 0.4) is 0 Å². The lowest BCUT2D eigenvalue weighted by Crippen LogP contribution is -2.35. The normalized spacial score (nSPS) is 11.8. The number of aryl methyl sites for hydroxylation is 1. The minimum absolute atomic E-state index is 0.0894. The largest absolute Gasteiger partial charge is 0.494 e. The number of ether oxygens (including phenoxy) is 1.